The van der Waals surface area contributed by atoms with Gasteiger partial charge in [0.25, 0.3) is 0 Å². The van der Waals surface area contributed by atoms with Crippen molar-refractivity contribution in [1.82, 2.24) is 5.32 Å². The zero-order valence-corrected chi connectivity index (χ0v) is 9.78. The van der Waals surface area contributed by atoms with Crippen molar-refractivity contribution in [1.29, 1.82) is 0 Å². The molecule has 1 heterocycles. The van der Waals surface area contributed by atoms with E-state index in [-0.39, 0.29) is 10.5 Å². The summed E-state index contributed by atoms with van der Waals surface area (Å²) >= 11 is 2.92. The number of halogens is 3. The Kier molecular flexibility index (Phi) is 3.36. The number of hydrogen-bond donors (Lipinski definition) is 1. The number of piperidine rings is 1. The molecule has 1 N–H and O–H groups in total. The van der Waals surface area contributed by atoms with Crippen molar-refractivity contribution in [2.75, 3.05) is 6.54 Å². The summed E-state index contributed by atoms with van der Waals surface area (Å²) in [6.45, 7) is 0.902. The highest BCUT2D eigenvalue weighted by Crippen LogP contribution is 2.30. The zero-order chi connectivity index (χ0) is 10.8. The first-order valence-corrected chi connectivity index (χ1v) is 5.86. The lowest BCUT2D eigenvalue weighted by Gasteiger charge is -2.24. The summed E-state index contributed by atoms with van der Waals surface area (Å²) in [7, 11) is 0. The van der Waals surface area contributed by atoms with Crippen LogP contribution in [0.2, 0.25) is 0 Å². The van der Waals surface area contributed by atoms with E-state index >= 15 is 0 Å². The van der Waals surface area contributed by atoms with Gasteiger partial charge in [-0.1, -0.05) is 12.5 Å². The molecule has 1 unspecified atom stereocenters. The largest absolute Gasteiger partial charge is 0.310 e. The molecule has 4 heteroatoms. The molecule has 1 atom stereocenters. The Balaban J connectivity index is 2.31. The van der Waals surface area contributed by atoms with Crippen molar-refractivity contribution in [3.63, 3.8) is 0 Å². The van der Waals surface area contributed by atoms with Crippen molar-refractivity contribution in [3.05, 3.63) is 33.8 Å². The fourth-order valence-corrected chi connectivity index (χ4v) is 2.29. The minimum Gasteiger partial charge on any atom is -0.310 e. The Bertz CT molecular complexity index is 362. The molecule has 1 aromatic carbocycles. The lowest BCUT2D eigenvalue weighted by Crippen LogP contribution is -2.27. The molecule has 1 aliphatic rings. The first-order chi connectivity index (χ1) is 7.20. The Morgan fingerprint density at radius 3 is 2.73 bits per heavy atom. The number of rotatable bonds is 1. The molecule has 0 spiro atoms. The number of hydrogen-bond acceptors (Lipinski definition) is 1. The van der Waals surface area contributed by atoms with Crippen LogP contribution in [0, 0.1) is 11.6 Å². The lowest BCUT2D eigenvalue weighted by molar-refractivity contribution is 0.397. The highest BCUT2D eigenvalue weighted by molar-refractivity contribution is 9.10. The van der Waals surface area contributed by atoms with Crippen LogP contribution in [0.5, 0.6) is 0 Å². The zero-order valence-electron chi connectivity index (χ0n) is 8.19. The molecule has 1 aromatic rings. The van der Waals surface area contributed by atoms with Gasteiger partial charge in [-0.15, -0.1) is 0 Å². The van der Waals surface area contributed by atoms with E-state index in [1.807, 2.05) is 0 Å². The van der Waals surface area contributed by atoms with Crippen molar-refractivity contribution >= 4 is 15.9 Å². The maximum atomic E-state index is 13.7. The summed E-state index contributed by atoms with van der Waals surface area (Å²) in [5.74, 6) is -1.03. The van der Waals surface area contributed by atoms with Crippen LogP contribution in [0.15, 0.2) is 16.6 Å². The van der Waals surface area contributed by atoms with Gasteiger partial charge < -0.3 is 5.32 Å². The van der Waals surface area contributed by atoms with Gasteiger partial charge >= 0.3 is 0 Å². The summed E-state index contributed by atoms with van der Waals surface area (Å²) in [6, 6.07) is 2.85. The lowest BCUT2D eigenvalue weighted by atomic mass is 9.97. The third kappa shape index (κ3) is 2.21. The molecule has 0 amide bonds. The summed E-state index contributed by atoms with van der Waals surface area (Å²) in [5.41, 5.74) is 0.558. The molecule has 1 aliphatic heterocycles. The molecular weight excluding hydrogens is 264 g/mol. The van der Waals surface area contributed by atoms with Gasteiger partial charge in [0.05, 0.1) is 4.47 Å². The van der Waals surface area contributed by atoms with Crippen LogP contribution in [0.4, 0.5) is 8.78 Å². The normalized spacial score (nSPS) is 21.7. The molecule has 0 radical (unpaired) electrons. The quantitative estimate of drug-likeness (QED) is 0.773. The van der Waals surface area contributed by atoms with Crippen molar-refractivity contribution < 1.29 is 8.78 Å². The van der Waals surface area contributed by atoms with E-state index < -0.39 is 11.6 Å². The highest BCUT2D eigenvalue weighted by Gasteiger charge is 2.20. The molecule has 1 fully saturated rings. The first kappa shape index (κ1) is 11.0. The molecule has 0 aromatic heterocycles. The van der Waals surface area contributed by atoms with Gasteiger partial charge in [0.2, 0.25) is 0 Å². The van der Waals surface area contributed by atoms with E-state index in [4.69, 9.17) is 0 Å². The second-order valence-corrected chi connectivity index (χ2v) is 4.56. The highest BCUT2D eigenvalue weighted by atomic mass is 79.9. The monoisotopic (exact) mass is 275 g/mol. The van der Waals surface area contributed by atoms with Gasteiger partial charge in [-0.05, 0) is 41.4 Å². The molecule has 0 saturated carbocycles. The second kappa shape index (κ2) is 4.58. The molecule has 1 nitrogen and oxygen atoms in total. The van der Waals surface area contributed by atoms with Crippen LogP contribution in [-0.2, 0) is 0 Å². The number of nitrogens with one attached hydrogen (secondary N) is 1. The van der Waals surface area contributed by atoms with E-state index in [0.29, 0.717) is 5.56 Å². The Labute approximate surface area is 96.0 Å². The molecule has 82 valence electrons. The summed E-state index contributed by atoms with van der Waals surface area (Å²) < 4.78 is 26.7. The van der Waals surface area contributed by atoms with Crippen LogP contribution < -0.4 is 5.32 Å². The van der Waals surface area contributed by atoms with Gasteiger partial charge in [0.1, 0.15) is 11.6 Å². The summed E-state index contributed by atoms with van der Waals surface area (Å²) in [5, 5.41) is 3.24. The molecular formula is C11H12BrF2N. The minimum absolute atomic E-state index is 0.0237. The SMILES string of the molecule is Fc1ccc(C2CCCCN2)c(F)c1Br. The van der Waals surface area contributed by atoms with Crippen molar-refractivity contribution in [2.45, 2.75) is 25.3 Å². The maximum absolute atomic E-state index is 13.7. The third-order valence-corrected chi connectivity index (χ3v) is 3.48. The van der Waals surface area contributed by atoms with E-state index in [2.05, 4.69) is 21.2 Å². The molecule has 1 saturated heterocycles. The predicted octanol–water partition coefficient (Wildman–Crippen LogP) is 3.54. The van der Waals surface area contributed by atoms with Gasteiger partial charge in [-0.25, -0.2) is 8.78 Å². The van der Waals surface area contributed by atoms with Crippen LogP contribution in [0.25, 0.3) is 0 Å². The van der Waals surface area contributed by atoms with Gasteiger partial charge in [-0.2, -0.15) is 0 Å². The van der Waals surface area contributed by atoms with Crippen molar-refractivity contribution in [2.24, 2.45) is 0 Å². The van der Waals surface area contributed by atoms with E-state index in [1.54, 1.807) is 0 Å². The minimum atomic E-state index is -0.549. The molecule has 15 heavy (non-hydrogen) atoms. The van der Waals surface area contributed by atoms with Gasteiger partial charge in [-0.3, -0.25) is 0 Å². The van der Waals surface area contributed by atoms with E-state index in [0.717, 1.165) is 25.8 Å². The van der Waals surface area contributed by atoms with Gasteiger partial charge in [0.15, 0.2) is 0 Å². The summed E-state index contributed by atoms with van der Waals surface area (Å²) in [4.78, 5) is 0. The third-order valence-electron chi connectivity index (χ3n) is 2.75. The van der Waals surface area contributed by atoms with Gasteiger partial charge in [0, 0.05) is 11.6 Å². The van der Waals surface area contributed by atoms with Crippen LogP contribution in [-0.4, -0.2) is 6.54 Å². The Morgan fingerprint density at radius 1 is 1.27 bits per heavy atom. The maximum Gasteiger partial charge on any atom is 0.145 e. The Hall–Kier alpha value is -0.480. The Morgan fingerprint density at radius 2 is 2.07 bits per heavy atom. The molecule has 0 bridgehead atoms. The predicted molar refractivity (Wildman–Crippen MR) is 58.7 cm³/mol. The van der Waals surface area contributed by atoms with Crippen LogP contribution in [0.3, 0.4) is 0 Å². The van der Waals surface area contributed by atoms with Crippen LogP contribution in [0.1, 0.15) is 30.9 Å². The smallest absolute Gasteiger partial charge is 0.145 e. The van der Waals surface area contributed by atoms with Crippen molar-refractivity contribution in [3.8, 4) is 0 Å². The van der Waals surface area contributed by atoms with E-state index in [1.165, 1.54) is 12.1 Å². The number of benzene rings is 1. The second-order valence-electron chi connectivity index (χ2n) is 3.77. The molecule has 2 rings (SSSR count). The van der Waals surface area contributed by atoms with E-state index in [9.17, 15) is 8.78 Å². The average molecular weight is 276 g/mol. The topological polar surface area (TPSA) is 12.0 Å². The fourth-order valence-electron chi connectivity index (χ4n) is 1.93. The molecule has 0 aliphatic carbocycles. The standard InChI is InChI=1S/C11H12BrF2N/c12-10-8(13)5-4-7(11(10)14)9-3-1-2-6-15-9/h4-5,9,15H,1-3,6H2. The summed E-state index contributed by atoms with van der Waals surface area (Å²) in [6.07, 6.45) is 3.13. The average Bonchev–Trinajstić information content (AvgIpc) is 2.27. The first-order valence-electron chi connectivity index (χ1n) is 5.07. The van der Waals surface area contributed by atoms with Crippen LogP contribution >= 0.6 is 15.9 Å². The fraction of sp³-hybridized carbons (Fsp3) is 0.455.